The number of carbonyl (C=O) groups excluding carboxylic acids is 1. The summed E-state index contributed by atoms with van der Waals surface area (Å²) < 4.78 is 17.1. The van der Waals surface area contributed by atoms with Crippen molar-refractivity contribution in [2.75, 3.05) is 13.2 Å². The number of rotatable bonds is 7. The number of nitrogens with zero attached hydrogens (tertiary/aromatic N) is 2. The molecule has 0 atom stereocenters. The van der Waals surface area contributed by atoms with Crippen molar-refractivity contribution in [2.45, 2.75) is 6.92 Å². The fourth-order valence-electron chi connectivity index (χ4n) is 2.45. The number of hydrazone groups is 1. The van der Waals surface area contributed by atoms with E-state index < -0.39 is 5.91 Å². The maximum atomic E-state index is 12.2. The summed E-state index contributed by atoms with van der Waals surface area (Å²) in [5, 5.41) is 13.5. The molecule has 0 unspecified atom stereocenters. The van der Waals surface area contributed by atoms with Gasteiger partial charge in [-0.1, -0.05) is 18.2 Å². The molecule has 2 aromatic carbocycles. The molecule has 0 fully saturated rings. The van der Waals surface area contributed by atoms with Crippen molar-refractivity contribution < 1.29 is 18.7 Å². The van der Waals surface area contributed by atoms with E-state index in [1.54, 1.807) is 24.3 Å². The third-order valence-corrected chi connectivity index (χ3v) is 4.36. The number of furan rings is 1. The highest BCUT2D eigenvalue weighted by molar-refractivity contribution is 9.10. The van der Waals surface area contributed by atoms with Crippen LogP contribution < -0.4 is 14.9 Å². The van der Waals surface area contributed by atoms with Gasteiger partial charge in [0.05, 0.1) is 12.8 Å². The van der Waals surface area contributed by atoms with Crippen LogP contribution in [-0.2, 0) is 0 Å². The largest absolute Gasteiger partial charge is 0.490 e. The third-order valence-electron chi connectivity index (χ3n) is 3.67. The Morgan fingerprint density at radius 3 is 2.82 bits per heavy atom. The molecule has 1 aromatic heterocycles. The van der Waals surface area contributed by atoms with E-state index in [4.69, 9.17) is 19.2 Å². The molecule has 0 aliphatic carbocycles. The minimum atomic E-state index is -0.456. The van der Waals surface area contributed by atoms with Gasteiger partial charge in [0.2, 0.25) is 0 Å². The first-order chi connectivity index (χ1) is 13.6. The topological polar surface area (TPSA) is 96.8 Å². The zero-order valence-electron chi connectivity index (χ0n) is 14.9. The predicted octanol–water partition coefficient (Wildman–Crippen LogP) is 4.26. The normalized spacial score (nSPS) is 10.8. The van der Waals surface area contributed by atoms with E-state index in [-0.39, 0.29) is 12.4 Å². The summed E-state index contributed by atoms with van der Waals surface area (Å²) in [7, 11) is 0. The smallest absolute Gasteiger partial charge is 0.307 e. The molecule has 0 aliphatic rings. The summed E-state index contributed by atoms with van der Waals surface area (Å²) >= 11 is 3.42. The molecule has 28 heavy (non-hydrogen) atoms. The first kappa shape index (κ1) is 19.5. The van der Waals surface area contributed by atoms with Crippen LogP contribution in [0.2, 0.25) is 0 Å². The van der Waals surface area contributed by atoms with Crippen LogP contribution in [0.15, 0.2) is 56.5 Å². The third kappa shape index (κ3) is 4.50. The minimum absolute atomic E-state index is 0.0898. The van der Waals surface area contributed by atoms with Crippen LogP contribution in [0.5, 0.6) is 11.5 Å². The van der Waals surface area contributed by atoms with E-state index in [1.165, 1.54) is 6.21 Å². The lowest BCUT2D eigenvalue weighted by Gasteiger charge is -2.12. The van der Waals surface area contributed by atoms with E-state index in [9.17, 15) is 4.79 Å². The van der Waals surface area contributed by atoms with Crippen LogP contribution in [0.25, 0.3) is 11.0 Å². The number of fused-ring (bicyclic) bond motifs is 1. The Balaban J connectivity index is 1.74. The fourth-order valence-corrected chi connectivity index (χ4v) is 2.87. The highest BCUT2D eigenvalue weighted by Gasteiger charge is 2.12. The molecule has 0 bridgehead atoms. The molecular weight excluding hydrogens is 426 g/mol. The quantitative estimate of drug-likeness (QED) is 0.436. The molecule has 3 rings (SSSR count). The number of ether oxygens (including phenoxy) is 2. The minimum Gasteiger partial charge on any atom is -0.490 e. The standard InChI is InChI=1S/C20H16BrN3O4/c1-2-26-17-10-14(15(21)11-18(17)27-8-7-22)12-23-24-20(25)19-9-13-5-3-4-6-16(13)28-19/h3-6,9-12H,2,8H2,1H3,(H,24,25)/b23-12+. The Morgan fingerprint density at radius 2 is 2.07 bits per heavy atom. The first-order valence-corrected chi connectivity index (χ1v) is 9.19. The number of nitriles is 1. The zero-order chi connectivity index (χ0) is 19.9. The van der Waals surface area contributed by atoms with Crippen molar-refractivity contribution in [3.8, 4) is 17.6 Å². The van der Waals surface area contributed by atoms with Gasteiger partial charge in [-0.2, -0.15) is 10.4 Å². The number of nitrogens with one attached hydrogen (secondary N) is 1. The molecule has 0 saturated heterocycles. The SMILES string of the molecule is CCOc1cc(/C=N/NC(=O)c2cc3ccccc3o2)c(Br)cc1OCC#N. The summed E-state index contributed by atoms with van der Waals surface area (Å²) in [5.41, 5.74) is 3.73. The van der Waals surface area contributed by atoms with Crippen LogP contribution >= 0.6 is 15.9 Å². The number of halogens is 1. The van der Waals surface area contributed by atoms with Gasteiger partial charge in [-0.15, -0.1) is 0 Å². The fraction of sp³-hybridized carbons (Fsp3) is 0.150. The maximum absolute atomic E-state index is 12.2. The monoisotopic (exact) mass is 441 g/mol. The summed E-state index contributed by atoms with van der Waals surface area (Å²) in [6.45, 7) is 2.19. The molecule has 1 heterocycles. The molecule has 0 spiro atoms. The first-order valence-electron chi connectivity index (χ1n) is 8.40. The predicted molar refractivity (Wildman–Crippen MR) is 108 cm³/mol. The van der Waals surface area contributed by atoms with Crippen molar-refractivity contribution in [3.63, 3.8) is 0 Å². The van der Waals surface area contributed by atoms with Gasteiger partial charge >= 0.3 is 5.91 Å². The summed E-state index contributed by atoms with van der Waals surface area (Å²) in [6.07, 6.45) is 1.47. The molecule has 8 heteroatoms. The Hall–Kier alpha value is -3.31. The molecule has 142 valence electrons. The van der Waals surface area contributed by atoms with Crippen molar-refractivity contribution >= 4 is 39.0 Å². The van der Waals surface area contributed by atoms with Crippen LogP contribution in [0.3, 0.4) is 0 Å². The van der Waals surface area contributed by atoms with Gasteiger partial charge in [-0.3, -0.25) is 4.79 Å². The van der Waals surface area contributed by atoms with Crippen molar-refractivity contribution in [2.24, 2.45) is 5.10 Å². The Labute approximate surface area is 169 Å². The molecular formula is C20H16BrN3O4. The number of hydrogen-bond acceptors (Lipinski definition) is 6. The number of carbonyl (C=O) groups is 1. The van der Waals surface area contributed by atoms with Crippen LogP contribution in [0, 0.1) is 11.3 Å². The molecule has 0 radical (unpaired) electrons. The zero-order valence-corrected chi connectivity index (χ0v) is 16.5. The second-order valence-corrected chi connectivity index (χ2v) is 6.40. The van der Waals surface area contributed by atoms with Gasteiger partial charge in [0, 0.05) is 15.4 Å². The van der Waals surface area contributed by atoms with Gasteiger partial charge < -0.3 is 13.9 Å². The Kier molecular flexibility index (Phi) is 6.29. The number of amides is 1. The Morgan fingerprint density at radius 1 is 1.29 bits per heavy atom. The lowest BCUT2D eigenvalue weighted by molar-refractivity contribution is 0.0929. The van der Waals surface area contributed by atoms with Gasteiger partial charge in [-0.05, 0) is 47.1 Å². The van der Waals surface area contributed by atoms with Gasteiger partial charge in [0.25, 0.3) is 0 Å². The van der Waals surface area contributed by atoms with Crippen LogP contribution in [0.4, 0.5) is 0 Å². The van der Waals surface area contributed by atoms with Crippen molar-refractivity contribution in [1.29, 1.82) is 5.26 Å². The van der Waals surface area contributed by atoms with Crippen LogP contribution in [0.1, 0.15) is 23.0 Å². The van der Waals surface area contributed by atoms with Gasteiger partial charge in [0.1, 0.15) is 11.7 Å². The van der Waals surface area contributed by atoms with Gasteiger partial charge in [0.15, 0.2) is 23.9 Å². The number of para-hydroxylation sites is 1. The molecule has 1 N–H and O–H groups in total. The van der Waals surface area contributed by atoms with Crippen LogP contribution in [-0.4, -0.2) is 25.3 Å². The van der Waals surface area contributed by atoms with E-state index in [0.717, 1.165) is 5.39 Å². The maximum Gasteiger partial charge on any atom is 0.307 e. The molecule has 7 nitrogen and oxygen atoms in total. The lowest BCUT2D eigenvalue weighted by Crippen LogP contribution is -2.16. The molecule has 0 aliphatic heterocycles. The van der Waals surface area contributed by atoms with E-state index in [2.05, 4.69) is 26.5 Å². The van der Waals surface area contributed by atoms with Gasteiger partial charge in [-0.25, -0.2) is 5.43 Å². The molecule has 3 aromatic rings. The van der Waals surface area contributed by atoms with E-state index in [0.29, 0.717) is 33.7 Å². The van der Waals surface area contributed by atoms with Crippen molar-refractivity contribution in [1.82, 2.24) is 5.43 Å². The summed E-state index contributed by atoms with van der Waals surface area (Å²) in [6, 6.07) is 14.3. The highest BCUT2D eigenvalue weighted by atomic mass is 79.9. The summed E-state index contributed by atoms with van der Waals surface area (Å²) in [4.78, 5) is 12.2. The average Bonchev–Trinajstić information content (AvgIpc) is 3.13. The highest BCUT2D eigenvalue weighted by Crippen LogP contribution is 2.33. The number of benzene rings is 2. The lowest BCUT2D eigenvalue weighted by atomic mass is 10.2. The summed E-state index contributed by atoms with van der Waals surface area (Å²) in [5.74, 6) is 0.639. The van der Waals surface area contributed by atoms with E-state index in [1.807, 2.05) is 31.2 Å². The average molecular weight is 442 g/mol. The number of hydrogen-bond donors (Lipinski definition) is 1. The molecule has 0 saturated carbocycles. The van der Waals surface area contributed by atoms with E-state index >= 15 is 0 Å². The second-order valence-electron chi connectivity index (χ2n) is 5.55. The Bertz CT molecular complexity index is 1040. The second kappa shape index (κ2) is 9.06. The van der Waals surface area contributed by atoms with Crippen molar-refractivity contribution in [3.05, 3.63) is 58.3 Å². The molecule has 1 amide bonds.